The quantitative estimate of drug-likeness (QED) is 0.0264. The number of ether oxygens (including phenoxy) is 2. The second-order valence-electron chi connectivity index (χ2n) is 16.1. The summed E-state index contributed by atoms with van der Waals surface area (Å²) in [6.07, 6.45) is 3.70. The van der Waals surface area contributed by atoms with Gasteiger partial charge in [0.1, 0.15) is 18.3 Å². The van der Waals surface area contributed by atoms with Crippen molar-refractivity contribution in [3.05, 3.63) is 148 Å². The molecule has 9 N–H and O–H groups in total. The summed E-state index contributed by atoms with van der Waals surface area (Å²) in [6, 6.07) is 27.5. The number of aliphatic hydroxyl groups is 3. The van der Waals surface area contributed by atoms with Crippen molar-refractivity contribution in [2.45, 2.75) is 70.1 Å². The van der Waals surface area contributed by atoms with Crippen LogP contribution in [0.1, 0.15) is 63.8 Å². The number of hydrogen-bond acceptors (Lipinski definition) is 11. The Morgan fingerprint density at radius 3 is 2.31 bits per heavy atom. The van der Waals surface area contributed by atoms with Gasteiger partial charge in [-0.05, 0) is 132 Å². The van der Waals surface area contributed by atoms with Gasteiger partial charge >= 0.3 is 0 Å². The summed E-state index contributed by atoms with van der Waals surface area (Å²) in [5, 5.41) is 72.4. The molecule has 62 heavy (non-hydrogen) atoms. The van der Waals surface area contributed by atoms with Gasteiger partial charge in [-0.2, -0.15) is 0 Å². The standard InChI is InChI=1S/C50H59N3O9/c1-31(55)27-53-30-62-48-22-32(10-12-44(48)57)21-42(39-19-34(28-51-2)20-41(56)24-39)47(60)26-46(59)40(18-33-14-16-52-29-33)23-37-11-13-45(58)50(61-3)43(37)25-38-9-5-7-35-6-4-8-36(15-17-54)49(35)38/h4-14,16,19-20,22,24,29,31,40,42,46,51-59H,15,17-18,21,23,25-28,30H2,1-3H3/t31-,40+,42+,46+/m0/s1. The Bertz CT molecular complexity index is 2390. The molecular weight excluding hydrogens is 787 g/mol. The van der Waals surface area contributed by atoms with Crippen molar-refractivity contribution >= 4 is 16.6 Å². The van der Waals surface area contributed by atoms with Crippen molar-refractivity contribution < 1.29 is 44.9 Å². The molecule has 0 amide bonds. The molecule has 0 aliphatic heterocycles. The molecule has 6 aromatic rings. The Morgan fingerprint density at radius 2 is 1.60 bits per heavy atom. The molecule has 0 spiro atoms. The average molecular weight is 846 g/mol. The highest BCUT2D eigenvalue weighted by molar-refractivity contribution is 5.89. The molecule has 5 aromatic carbocycles. The number of phenols is 3. The first-order valence-electron chi connectivity index (χ1n) is 21.1. The number of carbonyl (C=O) groups is 1. The van der Waals surface area contributed by atoms with Gasteiger partial charge in [-0.1, -0.05) is 54.6 Å². The largest absolute Gasteiger partial charge is 0.508 e. The zero-order valence-corrected chi connectivity index (χ0v) is 35.6. The molecule has 6 rings (SSSR count). The Labute approximate surface area is 362 Å². The molecule has 0 fully saturated rings. The maximum absolute atomic E-state index is 14.7. The molecule has 1 aromatic heterocycles. The summed E-state index contributed by atoms with van der Waals surface area (Å²) in [7, 11) is 3.32. The van der Waals surface area contributed by atoms with E-state index >= 15 is 0 Å². The second-order valence-corrected chi connectivity index (χ2v) is 16.1. The van der Waals surface area contributed by atoms with Gasteiger partial charge in [-0.25, -0.2) is 0 Å². The number of rotatable bonds is 23. The van der Waals surface area contributed by atoms with Crippen LogP contribution in [0.3, 0.4) is 0 Å². The van der Waals surface area contributed by atoms with Gasteiger partial charge in [0.15, 0.2) is 23.0 Å². The number of Topliss-reactive ketones (excluding diaryl/α,β-unsaturated/α-hetero) is 1. The van der Waals surface area contributed by atoms with Crippen LogP contribution in [0.15, 0.2) is 103 Å². The van der Waals surface area contributed by atoms with Gasteiger partial charge in [-0.15, -0.1) is 0 Å². The molecule has 0 radical (unpaired) electrons. The minimum Gasteiger partial charge on any atom is -0.508 e. The van der Waals surface area contributed by atoms with Crippen LogP contribution in [0.25, 0.3) is 10.8 Å². The lowest BCUT2D eigenvalue weighted by atomic mass is 9.80. The minimum atomic E-state index is -1.10. The Morgan fingerprint density at radius 1 is 0.823 bits per heavy atom. The van der Waals surface area contributed by atoms with Gasteiger partial charge in [-0.3, -0.25) is 10.1 Å². The van der Waals surface area contributed by atoms with Crippen molar-refractivity contribution in [1.82, 2.24) is 15.6 Å². The number of aromatic amines is 1. The summed E-state index contributed by atoms with van der Waals surface area (Å²) < 4.78 is 11.6. The normalized spacial score (nSPS) is 13.5. The monoisotopic (exact) mass is 845 g/mol. The molecule has 1 heterocycles. The summed E-state index contributed by atoms with van der Waals surface area (Å²) in [5.41, 5.74) is 6.65. The third-order valence-corrected chi connectivity index (χ3v) is 11.4. The number of nitrogens with one attached hydrogen (secondary N) is 3. The number of methoxy groups -OCH3 is 1. The van der Waals surface area contributed by atoms with Gasteiger partial charge in [0.05, 0.1) is 19.3 Å². The SMILES string of the molecule is CNCc1cc(O)cc([C@@H](Cc2ccc(O)c(OCNC[C@H](C)O)c2)C(=O)C[C@@H](O)[C@H](Cc2cc[nH]c2)Cc2ccc(O)c(OC)c2Cc2cccc3cccc(CCO)c23)c1. The number of carbonyl (C=O) groups excluding carboxylic acids is 1. The van der Waals surface area contributed by atoms with Crippen LogP contribution in [-0.2, 0) is 43.4 Å². The number of benzene rings is 5. The molecule has 12 heteroatoms. The number of ketones is 1. The third kappa shape index (κ3) is 11.7. The number of hydrogen-bond donors (Lipinski definition) is 9. The number of aliphatic hydroxyl groups excluding tert-OH is 3. The fraction of sp³-hybridized carbons (Fsp3) is 0.340. The van der Waals surface area contributed by atoms with Gasteiger partial charge in [0, 0.05) is 56.4 Å². The topological polar surface area (TPSA) is 197 Å². The number of H-pyrrole nitrogens is 1. The van der Waals surface area contributed by atoms with E-state index in [1.54, 1.807) is 44.3 Å². The van der Waals surface area contributed by atoms with E-state index in [0.717, 1.165) is 44.2 Å². The van der Waals surface area contributed by atoms with Crippen LogP contribution in [-0.4, -0.2) is 87.7 Å². The minimum absolute atomic E-state index is 0.00264. The average Bonchev–Trinajstić information content (AvgIpc) is 3.76. The number of aromatic hydroxyl groups is 3. The van der Waals surface area contributed by atoms with E-state index in [2.05, 4.69) is 15.6 Å². The first-order valence-corrected chi connectivity index (χ1v) is 21.1. The third-order valence-electron chi connectivity index (χ3n) is 11.4. The van der Waals surface area contributed by atoms with Crippen molar-refractivity contribution in [3.8, 4) is 28.7 Å². The first-order chi connectivity index (χ1) is 30.0. The van der Waals surface area contributed by atoms with Crippen LogP contribution in [0.5, 0.6) is 28.7 Å². The lowest BCUT2D eigenvalue weighted by molar-refractivity contribution is -0.123. The number of phenolic OH excluding ortho intramolecular Hbond substituents is 3. The van der Waals surface area contributed by atoms with E-state index in [0.29, 0.717) is 55.6 Å². The Kier molecular flexibility index (Phi) is 16.0. The fourth-order valence-corrected chi connectivity index (χ4v) is 8.43. The zero-order chi connectivity index (χ0) is 44.2. The summed E-state index contributed by atoms with van der Waals surface area (Å²) in [4.78, 5) is 17.8. The van der Waals surface area contributed by atoms with Gasteiger partial charge in [0.25, 0.3) is 0 Å². The Hall–Kier alpha value is -5.89. The predicted molar refractivity (Wildman–Crippen MR) is 240 cm³/mol. The fourth-order valence-electron chi connectivity index (χ4n) is 8.43. The molecular formula is C50H59N3O9. The molecule has 4 atom stereocenters. The maximum Gasteiger partial charge on any atom is 0.164 e. The maximum atomic E-state index is 14.7. The highest BCUT2D eigenvalue weighted by atomic mass is 16.5. The molecule has 0 unspecified atom stereocenters. The van der Waals surface area contributed by atoms with Crippen molar-refractivity contribution in [1.29, 1.82) is 0 Å². The zero-order valence-electron chi connectivity index (χ0n) is 35.6. The molecule has 0 saturated heterocycles. The summed E-state index contributed by atoms with van der Waals surface area (Å²) in [5.74, 6) is -1.00. The second kappa shape index (κ2) is 21.8. The van der Waals surface area contributed by atoms with E-state index < -0.39 is 24.0 Å². The van der Waals surface area contributed by atoms with Crippen LogP contribution in [0, 0.1) is 5.92 Å². The summed E-state index contributed by atoms with van der Waals surface area (Å²) >= 11 is 0. The lowest BCUT2D eigenvalue weighted by Gasteiger charge is -2.27. The molecule has 12 nitrogen and oxygen atoms in total. The van der Waals surface area contributed by atoms with Gasteiger partial charge < -0.3 is 50.4 Å². The number of aromatic nitrogens is 1. The van der Waals surface area contributed by atoms with Crippen LogP contribution in [0.2, 0.25) is 0 Å². The summed E-state index contributed by atoms with van der Waals surface area (Å²) in [6.45, 7) is 2.45. The molecule has 0 bridgehead atoms. The van der Waals surface area contributed by atoms with E-state index in [9.17, 15) is 35.4 Å². The first kappa shape index (κ1) is 45.6. The highest BCUT2D eigenvalue weighted by Crippen LogP contribution is 2.39. The molecule has 0 saturated carbocycles. The van der Waals surface area contributed by atoms with E-state index in [4.69, 9.17) is 9.47 Å². The van der Waals surface area contributed by atoms with E-state index in [-0.39, 0.29) is 55.0 Å². The molecule has 0 aliphatic carbocycles. The van der Waals surface area contributed by atoms with Crippen LogP contribution < -0.4 is 20.1 Å². The van der Waals surface area contributed by atoms with Gasteiger partial charge in [0.2, 0.25) is 0 Å². The van der Waals surface area contributed by atoms with E-state index in [1.807, 2.05) is 67.0 Å². The highest BCUT2D eigenvalue weighted by Gasteiger charge is 2.30. The van der Waals surface area contributed by atoms with Crippen LogP contribution >= 0.6 is 0 Å². The van der Waals surface area contributed by atoms with E-state index in [1.165, 1.54) is 13.2 Å². The molecule has 328 valence electrons. The van der Waals surface area contributed by atoms with Crippen molar-refractivity contribution in [2.75, 3.05) is 34.0 Å². The van der Waals surface area contributed by atoms with Crippen molar-refractivity contribution in [3.63, 3.8) is 0 Å². The Balaban J connectivity index is 1.33. The van der Waals surface area contributed by atoms with Crippen molar-refractivity contribution in [2.24, 2.45) is 5.92 Å². The predicted octanol–water partition coefficient (Wildman–Crippen LogP) is 6.19. The number of fused-ring (bicyclic) bond motifs is 1. The lowest BCUT2D eigenvalue weighted by Crippen LogP contribution is -2.30. The molecule has 0 aliphatic rings. The van der Waals surface area contributed by atoms with Crippen LogP contribution in [0.4, 0.5) is 0 Å². The smallest absolute Gasteiger partial charge is 0.164 e.